The number of hydrogen-bond donors (Lipinski definition) is 0. The van der Waals surface area contributed by atoms with Gasteiger partial charge in [-0.1, -0.05) is 60.8 Å². The number of nitrogens with zero attached hydrogens (tertiary/aromatic N) is 1. The predicted molar refractivity (Wildman–Crippen MR) is 92.5 cm³/mol. The smallest absolute Gasteiger partial charge is 0.242 e. The van der Waals surface area contributed by atoms with Crippen molar-refractivity contribution >= 4 is 23.6 Å². The normalized spacial score (nSPS) is 18.8. The molecule has 1 fully saturated rings. The Kier molecular flexibility index (Phi) is 10.0. The molecule has 1 rings (SSSR count). The van der Waals surface area contributed by atoms with Gasteiger partial charge in [0.05, 0.1) is 5.25 Å². The molecule has 0 N–H and O–H groups in total. The number of unbranched alkanes of at least 4 members (excludes halogenated alkanes) is 3. The van der Waals surface area contributed by atoms with E-state index in [1.165, 1.54) is 24.2 Å². The minimum absolute atomic E-state index is 0. The minimum atomic E-state index is -0.136. The third-order valence-corrected chi connectivity index (χ3v) is 4.79. The Morgan fingerprint density at radius 3 is 2.29 bits per heavy atom. The summed E-state index contributed by atoms with van der Waals surface area (Å²) in [6.07, 6.45) is 6.20. The van der Waals surface area contributed by atoms with Crippen LogP contribution in [0.15, 0.2) is 0 Å². The molecule has 0 aromatic heterocycles. The fourth-order valence-electron chi connectivity index (χ4n) is 2.50. The van der Waals surface area contributed by atoms with Gasteiger partial charge in [0.1, 0.15) is 0 Å². The fourth-order valence-corrected chi connectivity index (χ4v) is 3.64. The van der Waals surface area contributed by atoms with E-state index in [1.807, 2.05) is 0 Å². The Balaban J connectivity index is 0.00000400. The first-order chi connectivity index (χ1) is 9.41. The van der Waals surface area contributed by atoms with Gasteiger partial charge in [-0.2, -0.15) is 0 Å². The third-order valence-electron chi connectivity index (χ3n) is 3.55. The Bertz CT molecular complexity index is 329. The molecule has 1 aliphatic heterocycles. The molecule has 1 aliphatic rings. The molecule has 0 radical (unpaired) electrons. The molecule has 3 nitrogen and oxygen atoms in total. The van der Waals surface area contributed by atoms with E-state index in [1.54, 1.807) is 11.8 Å². The van der Waals surface area contributed by atoms with Crippen LogP contribution in [0.2, 0.25) is 0 Å². The third kappa shape index (κ3) is 7.35. The van der Waals surface area contributed by atoms with Gasteiger partial charge in [0.2, 0.25) is 11.8 Å². The Hall–Kier alpha value is -0.510. The summed E-state index contributed by atoms with van der Waals surface area (Å²) < 4.78 is 0. The van der Waals surface area contributed by atoms with Crippen LogP contribution in [0.25, 0.3) is 0 Å². The number of hydrogen-bond acceptors (Lipinski definition) is 3. The SMILES string of the molecule is C.CC(C)CCCCCCN1C(=O)CC(SC(C)C)C1=O. The van der Waals surface area contributed by atoms with Gasteiger partial charge >= 0.3 is 0 Å². The summed E-state index contributed by atoms with van der Waals surface area (Å²) in [7, 11) is 0. The molecule has 0 bridgehead atoms. The zero-order chi connectivity index (χ0) is 15.1. The number of carbonyl (C=O) groups excluding carboxylic acids is 2. The lowest BCUT2D eigenvalue weighted by Gasteiger charge is -2.15. The number of likely N-dealkylation sites (tertiary alicyclic amines) is 1. The van der Waals surface area contributed by atoms with Crippen LogP contribution < -0.4 is 0 Å². The fraction of sp³-hybridized carbons (Fsp3) is 0.882. The van der Waals surface area contributed by atoms with Crippen LogP contribution in [0, 0.1) is 5.92 Å². The van der Waals surface area contributed by atoms with Crippen molar-refractivity contribution in [2.75, 3.05) is 6.54 Å². The molecule has 0 spiro atoms. The second-order valence-corrected chi connectivity index (χ2v) is 8.14. The van der Waals surface area contributed by atoms with E-state index >= 15 is 0 Å². The molecule has 0 aromatic rings. The van der Waals surface area contributed by atoms with Crippen molar-refractivity contribution in [2.24, 2.45) is 5.92 Å². The van der Waals surface area contributed by atoms with Gasteiger partial charge < -0.3 is 0 Å². The highest BCUT2D eigenvalue weighted by Gasteiger charge is 2.38. The van der Waals surface area contributed by atoms with Crippen LogP contribution in [-0.2, 0) is 9.59 Å². The van der Waals surface area contributed by atoms with Crippen LogP contribution >= 0.6 is 11.8 Å². The van der Waals surface area contributed by atoms with Gasteiger partial charge in [0.15, 0.2) is 0 Å². The molecule has 124 valence electrons. The molecular weight excluding hydrogens is 282 g/mol. The van der Waals surface area contributed by atoms with Crippen LogP contribution in [0.3, 0.4) is 0 Å². The molecule has 1 unspecified atom stereocenters. The van der Waals surface area contributed by atoms with E-state index in [0.29, 0.717) is 18.2 Å². The van der Waals surface area contributed by atoms with Gasteiger partial charge in [-0.15, -0.1) is 11.8 Å². The highest BCUT2D eigenvalue weighted by molar-refractivity contribution is 8.01. The summed E-state index contributed by atoms with van der Waals surface area (Å²) in [5.74, 6) is 0.830. The molecular formula is C17H33NO2S. The first-order valence-corrected chi connectivity index (χ1v) is 8.85. The number of rotatable bonds is 9. The van der Waals surface area contributed by atoms with E-state index in [-0.39, 0.29) is 24.5 Å². The summed E-state index contributed by atoms with van der Waals surface area (Å²) in [4.78, 5) is 25.5. The monoisotopic (exact) mass is 315 g/mol. The van der Waals surface area contributed by atoms with Crippen molar-refractivity contribution in [3.63, 3.8) is 0 Å². The molecule has 1 saturated heterocycles. The molecule has 21 heavy (non-hydrogen) atoms. The topological polar surface area (TPSA) is 37.4 Å². The quantitative estimate of drug-likeness (QED) is 0.464. The summed E-state index contributed by atoms with van der Waals surface area (Å²) in [5.41, 5.74) is 0. The van der Waals surface area contributed by atoms with E-state index in [0.717, 1.165) is 18.8 Å². The van der Waals surface area contributed by atoms with Gasteiger partial charge in [-0.25, -0.2) is 0 Å². The Morgan fingerprint density at radius 1 is 1.10 bits per heavy atom. The number of thioether (sulfide) groups is 1. The Labute approximate surface area is 135 Å². The number of amides is 2. The van der Waals surface area contributed by atoms with Crippen molar-refractivity contribution in [1.82, 2.24) is 4.90 Å². The van der Waals surface area contributed by atoms with Crippen molar-refractivity contribution in [1.29, 1.82) is 0 Å². The van der Waals surface area contributed by atoms with Crippen molar-refractivity contribution in [3.05, 3.63) is 0 Å². The van der Waals surface area contributed by atoms with Crippen molar-refractivity contribution < 1.29 is 9.59 Å². The minimum Gasteiger partial charge on any atom is -0.282 e. The zero-order valence-corrected chi connectivity index (χ0v) is 14.2. The molecule has 2 amide bonds. The van der Waals surface area contributed by atoms with Crippen LogP contribution in [0.5, 0.6) is 0 Å². The van der Waals surface area contributed by atoms with E-state index < -0.39 is 0 Å². The lowest BCUT2D eigenvalue weighted by Crippen LogP contribution is -2.32. The molecule has 1 heterocycles. The zero-order valence-electron chi connectivity index (χ0n) is 13.4. The number of carbonyl (C=O) groups is 2. The van der Waals surface area contributed by atoms with Crippen LogP contribution in [-0.4, -0.2) is 33.8 Å². The van der Waals surface area contributed by atoms with Gasteiger partial charge in [-0.05, 0) is 17.6 Å². The Morgan fingerprint density at radius 2 is 1.71 bits per heavy atom. The van der Waals surface area contributed by atoms with Gasteiger partial charge in [0, 0.05) is 13.0 Å². The number of imide groups is 1. The second-order valence-electron chi connectivity index (χ2n) is 6.36. The summed E-state index contributed by atoms with van der Waals surface area (Å²) in [6.45, 7) is 9.25. The second kappa shape index (κ2) is 10.3. The average Bonchev–Trinajstić information content (AvgIpc) is 2.59. The molecule has 4 heteroatoms. The van der Waals surface area contributed by atoms with Gasteiger partial charge in [-0.3, -0.25) is 14.5 Å². The average molecular weight is 316 g/mol. The van der Waals surface area contributed by atoms with E-state index in [2.05, 4.69) is 27.7 Å². The predicted octanol–water partition coefficient (Wildman–Crippen LogP) is 4.50. The highest BCUT2D eigenvalue weighted by atomic mass is 32.2. The van der Waals surface area contributed by atoms with Crippen molar-refractivity contribution in [2.45, 2.75) is 84.1 Å². The van der Waals surface area contributed by atoms with E-state index in [9.17, 15) is 9.59 Å². The summed E-state index contributed by atoms with van der Waals surface area (Å²) in [5, 5.41) is 0.260. The summed E-state index contributed by atoms with van der Waals surface area (Å²) >= 11 is 1.62. The summed E-state index contributed by atoms with van der Waals surface area (Å²) in [6, 6.07) is 0. The lowest BCUT2D eigenvalue weighted by atomic mass is 10.0. The highest BCUT2D eigenvalue weighted by Crippen LogP contribution is 2.28. The standard InChI is InChI=1S/C16H29NO2S.CH4/c1-12(2)9-7-5-6-8-10-17-15(18)11-14(16(17)19)20-13(3)4;/h12-14H,5-11H2,1-4H3;1H4. The largest absolute Gasteiger partial charge is 0.282 e. The van der Waals surface area contributed by atoms with Crippen LogP contribution in [0.1, 0.15) is 73.6 Å². The van der Waals surface area contributed by atoms with Crippen molar-refractivity contribution in [3.8, 4) is 0 Å². The molecule has 0 aliphatic carbocycles. The molecule has 1 atom stereocenters. The molecule has 0 aromatic carbocycles. The lowest BCUT2D eigenvalue weighted by molar-refractivity contribution is -0.138. The first-order valence-electron chi connectivity index (χ1n) is 7.91. The maximum absolute atomic E-state index is 12.1. The van der Waals surface area contributed by atoms with Gasteiger partial charge in [0.25, 0.3) is 0 Å². The first kappa shape index (κ1) is 20.5. The maximum Gasteiger partial charge on any atom is 0.242 e. The molecule has 0 saturated carbocycles. The maximum atomic E-state index is 12.1. The van der Waals surface area contributed by atoms with Crippen LogP contribution in [0.4, 0.5) is 0 Å². The van der Waals surface area contributed by atoms with E-state index in [4.69, 9.17) is 0 Å².